The van der Waals surface area contributed by atoms with Crippen LogP contribution in [0.5, 0.6) is 0 Å². The second-order valence-corrected chi connectivity index (χ2v) is 6.14. The smallest absolute Gasteiger partial charge is 0.251 e. The number of hydrogen-bond acceptors (Lipinski definition) is 1. The Balaban J connectivity index is 1.51. The molecule has 0 aliphatic carbocycles. The quantitative estimate of drug-likeness (QED) is 0.869. The number of nitrogens with one attached hydrogen (secondary N) is 2. The van der Waals surface area contributed by atoms with Crippen LogP contribution >= 0.6 is 0 Å². The first kappa shape index (κ1) is 15.7. The fourth-order valence-corrected chi connectivity index (χ4v) is 3.00. The number of hydrogen-bond donors (Lipinski definition) is 2. The molecule has 1 aliphatic heterocycles. The minimum absolute atomic E-state index is 0.185. The van der Waals surface area contributed by atoms with Crippen LogP contribution in [0.15, 0.2) is 48.5 Å². The summed E-state index contributed by atoms with van der Waals surface area (Å²) in [5, 5.41) is 2.86. The number of quaternary nitrogens is 1. The summed E-state index contributed by atoms with van der Waals surface area (Å²) in [5.74, 6) is -0.521. The molecule has 1 amide bonds. The van der Waals surface area contributed by atoms with Crippen molar-refractivity contribution in [1.29, 1.82) is 0 Å². The molecule has 0 unspecified atom stereocenters. The standard InChI is InChI=1S/C19H21FN2O/c20-18-9-7-17(8-10-18)19(23)21-13-15-3-5-16(6-4-15)14-22-11-1-2-12-22/h3-10H,1-2,11-14H2,(H,21,23)/p+1. The highest BCUT2D eigenvalue weighted by atomic mass is 19.1. The molecule has 0 radical (unpaired) electrons. The van der Waals surface area contributed by atoms with Crippen molar-refractivity contribution in [2.24, 2.45) is 0 Å². The Hall–Kier alpha value is -2.20. The van der Waals surface area contributed by atoms with Gasteiger partial charge in [-0.15, -0.1) is 0 Å². The van der Waals surface area contributed by atoms with Gasteiger partial charge in [-0.1, -0.05) is 24.3 Å². The summed E-state index contributed by atoms with van der Waals surface area (Å²) in [6.07, 6.45) is 2.67. The lowest BCUT2D eigenvalue weighted by molar-refractivity contribution is -0.901. The van der Waals surface area contributed by atoms with Crippen LogP contribution in [0, 0.1) is 5.82 Å². The number of likely N-dealkylation sites (tertiary alicyclic amines) is 1. The molecule has 120 valence electrons. The van der Waals surface area contributed by atoms with E-state index in [-0.39, 0.29) is 11.7 Å². The molecule has 3 rings (SSSR count). The summed E-state index contributed by atoms with van der Waals surface area (Å²) in [4.78, 5) is 13.6. The van der Waals surface area contributed by atoms with Crippen LogP contribution in [0.4, 0.5) is 4.39 Å². The molecule has 0 aromatic heterocycles. The molecule has 0 saturated carbocycles. The molecule has 2 aromatic rings. The van der Waals surface area contributed by atoms with E-state index >= 15 is 0 Å². The summed E-state index contributed by atoms with van der Waals surface area (Å²) in [6.45, 7) is 4.11. The van der Waals surface area contributed by atoms with Gasteiger partial charge in [0.2, 0.25) is 0 Å². The third kappa shape index (κ3) is 4.39. The summed E-state index contributed by atoms with van der Waals surface area (Å²) in [5.41, 5.74) is 2.89. The molecular weight excluding hydrogens is 291 g/mol. The number of halogens is 1. The Labute approximate surface area is 136 Å². The Morgan fingerprint density at radius 2 is 1.57 bits per heavy atom. The normalized spacial score (nSPS) is 14.8. The van der Waals surface area contributed by atoms with Crippen molar-refractivity contribution in [3.8, 4) is 0 Å². The van der Waals surface area contributed by atoms with Gasteiger partial charge in [0.15, 0.2) is 0 Å². The fourth-order valence-electron chi connectivity index (χ4n) is 3.00. The zero-order chi connectivity index (χ0) is 16.1. The number of carbonyl (C=O) groups excluding carboxylic acids is 1. The zero-order valence-corrected chi connectivity index (χ0v) is 13.1. The number of rotatable bonds is 5. The molecule has 23 heavy (non-hydrogen) atoms. The largest absolute Gasteiger partial charge is 0.348 e. The van der Waals surface area contributed by atoms with Crippen molar-refractivity contribution in [2.75, 3.05) is 13.1 Å². The highest BCUT2D eigenvalue weighted by Crippen LogP contribution is 2.06. The van der Waals surface area contributed by atoms with Gasteiger partial charge in [-0.3, -0.25) is 4.79 Å². The predicted octanol–water partition coefficient (Wildman–Crippen LogP) is 1.93. The Morgan fingerprint density at radius 3 is 2.22 bits per heavy atom. The molecule has 0 spiro atoms. The molecular formula is C19H22FN2O+. The van der Waals surface area contributed by atoms with E-state index in [1.54, 1.807) is 4.90 Å². The van der Waals surface area contributed by atoms with Gasteiger partial charge in [0.25, 0.3) is 5.91 Å². The lowest BCUT2D eigenvalue weighted by Crippen LogP contribution is -3.08. The van der Waals surface area contributed by atoms with Crippen molar-refractivity contribution < 1.29 is 14.1 Å². The summed E-state index contributed by atoms with van der Waals surface area (Å²) in [7, 11) is 0. The minimum atomic E-state index is -0.336. The van der Waals surface area contributed by atoms with E-state index in [0.717, 1.165) is 12.1 Å². The van der Waals surface area contributed by atoms with Crippen molar-refractivity contribution in [3.63, 3.8) is 0 Å². The predicted molar refractivity (Wildman–Crippen MR) is 87.6 cm³/mol. The summed E-state index contributed by atoms with van der Waals surface area (Å²) in [6, 6.07) is 14.0. The maximum atomic E-state index is 12.9. The first-order valence-corrected chi connectivity index (χ1v) is 8.16. The lowest BCUT2D eigenvalue weighted by Gasteiger charge is -2.12. The second-order valence-electron chi connectivity index (χ2n) is 6.14. The van der Waals surface area contributed by atoms with Gasteiger partial charge in [-0.25, -0.2) is 4.39 Å². The van der Waals surface area contributed by atoms with Crippen LogP contribution in [0.1, 0.15) is 34.3 Å². The molecule has 0 atom stereocenters. The molecule has 2 aromatic carbocycles. The van der Waals surface area contributed by atoms with Crippen LogP contribution < -0.4 is 10.2 Å². The lowest BCUT2D eigenvalue weighted by atomic mass is 10.1. The van der Waals surface area contributed by atoms with E-state index in [0.29, 0.717) is 12.1 Å². The van der Waals surface area contributed by atoms with Crippen LogP contribution in [0.25, 0.3) is 0 Å². The van der Waals surface area contributed by atoms with Gasteiger partial charge in [-0.05, 0) is 29.8 Å². The number of amides is 1. The Morgan fingerprint density at radius 1 is 0.957 bits per heavy atom. The molecule has 0 bridgehead atoms. The van der Waals surface area contributed by atoms with Crippen LogP contribution in [-0.4, -0.2) is 19.0 Å². The minimum Gasteiger partial charge on any atom is -0.348 e. The maximum absolute atomic E-state index is 12.9. The molecule has 1 fully saturated rings. The van der Waals surface area contributed by atoms with Gasteiger partial charge in [0.05, 0.1) is 13.1 Å². The van der Waals surface area contributed by atoms with E-state index < -0.39 is 0 Å². The van der Waals surface area contributed by atoms with E-state index in [2.05, 4.69) is 29.6 Å². The van der Waals surface area contributed by atoms with Crippen molar-refractivity contribution >= 4 is 5.91 Å². The van der Waals surface area contributed by atoms with Crippen molar-refractivity contribution in [3.05, 3.63) is 71.0 Å². The molecule has 4 heteroatoms. The van der Waals surface area contributed by atoms with E-state index in [9.17, 15) is 9.18 Å². The third-order valence-corrected chi connectivity index (χ3v) is 4.35. The fraction of sp³-hybridized carbons (Fsp3) is 0.316. The molecule has 3 nitrogen and oxygen atoms in total. The highest BCUT2D eigenvalue weighted by Gasteiger charge is 2.15. The summed E-state index contributed by atoms with van der Waals surface area (Å²) < 4.78 is 12.9. The monoisotopic (exact) mass is 313 g/mol. The molecule has 1 heterocycles. The van der Waals surface area contributed by atoms with Crippen LogP contribution in [0.2, 0.25) is 0 Å². The van der Waals surface area contributed by atoms with Gasteiger partial charge in [0.1, 0.15) is 12.4 Å². The van der Waals surface area contributed by atoms with E-state index in [1.165, 1.54) is 55.8 Å². The molecule has 2 N–H and O–H groups in total. The van der Waals surface area contributed by atoms with Gasteiger partial charge in [-0.2, -0.15) is 0 Å². The zero-order valence-electron chi connectivity index (χ0n) is 13.1. The first-order valence-electron chi connectivity index (χ1n) is 8.16. The maximum Gasteiger partial charge on any atom is 0.251 e. The third-order valence-electron chi connectivity index (χ3n) is 4.35. The molecule has 1 saturated heterocycles. The highest BCUT2D eigenvalue weighted by molar-refractivity contribution is 5.94. The van der Waals surface area contributed by atoms with E-state index in [4.69, 9.17) is 0 Å². The van der Waals surface area contributed by atoms with Crippen LogP contribution in [-0.2, 0) is 13.1 Å². The van der Waals surface area contributed by atoms with E-state index in [1.807, 2.05) is 0 Å². The van der Waals surface area contributed by atoms with Gasteiger partial charge < -0.3 is 10.2 Å². The average molecular weight is 313 g/mol. The second kappa shape index (κ2) is 7.38. The van der Waals surface area contributed by atoms with Crippen molar-refractivity contribution in [2.45, 2.75) is 25.9 Å². The van der Waals surface area contributed by atoms with Crippen molar-refractivity contribution in [1.82, 2.24) is 5.32 Å². The Kier molecular flexibility index (Phi) is 5.03. The van der Waals surface area contributed by atoms with Gasteiger partial charge >= 0.3 is 0 Å². The average Bonchev–Trinajstić information content (AvgIpc) is 3.07. The summed E-state index contributed by atoms with van der Waals surface area (Å²) >= 11 is 0. The SMILES string of the molecule is O=C(NCc1ccc(C[NH+]2CCCC2)cc1)c1ccc(F)cc1. The first-order chi connectivity index (χ1) is 11.2. The topological polar surface area (TPSA) is 33.5 Å². The van der Waals surface area contributed by atoms with Crippen LogP contribution in [0.3, 0.4) is 0 Å². The number of carbonyl (C=O) groups is 1. The molecule has 1 aliphatic rings. The number of benzene rings is 2. The van der Waals surface area contributed by atoms with Gasteiger partial charge in [0, 0.05) is 30.5 Å². The Bertz CT molecular complexity index is 646.